The number of hydrogen-bond acceptors (Lipinski definition) is 4. The van der Waals surface area contributed by atoms with Crippen LogP contribution in [0.25, 0.3) is 0 Å². The molecular formula is C9H18N2O5S. The Morgan fingerprint density at radius 1 is 1.24 bits per heavy atom. The molecule has 0 heterocycles. The zero-order valence-corrected chi connectivity index (χ0v) is 10.9. The van der Waals surface area contributed by atoms with Crippen molar-refractivity contribution in [2.75, 3.05) is 12.8 Å². The second kappa shape index (κ2) is 5.97. The maximum absolute atomic E-state index is 11.2. The van der Waals surface area contributed by atoms with E-state index in [1.807, 2.05) is 0 Å². The molecule has 0 saturated heterocycles. The van der Waals surface area contributed by atoms with Crippen LogP contribution in [0.4, 0.5) is 0 Å². The van der Waals surface area contributed by atoms with Crippen molar-refractivity contribution in [2.45, 2.75) is 32.2 Å². The van der Waals surface area contributed by atoms with Gasteiger partial charge in [-0.1, -0.05) is 0 Å². The lowest BCUT2D eigenvalue weighted by atomic mass is 10.1. The quantitative estimate of drug-likeness (QED) is 0.563. The van der Waals surface area contributed by atoms with Gasteiger partial charge in [-0.15, -0.1) is 0 Å². The number of carboxylic acid groups (broad SMARTS) is 1. The fourth-order valence-electron chi connectivity index (χ4n) is 1.17. The molecule has 0 aromatic heterocycles. The first-order valence-corrected chi connectivity index (χ1v) is 6.88. The van der Waals surface area contributed by atoms with Gasteiger partial charge in [0.05, 0.1) is 12.7 Å². The van der Waals surface area contributed by atoms with E-state index in [4.69, 9.17) is 5.11 Å². The van der Waals surface area contributed by atoms with E-state index in [0.29, 0.717) is 0 Å². The topological polar surface area (TPSA) is 113 Å². The predicted molar refractivity (Wildman–Crippen MR) is 61.9 cm³/mol. The van der Waals surface area contributed by atoms with Gasteiger partial charge < -0.3 is 10.4 Å². The first kappa shape index (κ1) is 15.9. The van der Waals surface area contributed by atoms with Crippen LogP contribution in [0.2, 0.25) is 0 Å². The summed E-state index contributed by atoms with van der Waals surface area (Å²) in [5, 5.41) is 10.8. The van der Waals surface area contributed by atoms with Gasteiger partial charge in [0.25, 0.3) is 0 Å². The first-order valence-electron chi connectivity index (χ1n) is 4.99. The molecule has 100 valence electrons. The second-order valence-corrected chi connectivity index (χ2v) is 6.18. The summed E-state index contributed by atoms with van der Waals surface area (Å²) in [7, 11) is -3.35. The van der Waals surface area contributed by atoms with E-state index in [2.05, 4.69) is 10.0 Å². The van der Waals surface area contributed by atoms with Crippen LogP contribution in [0, 0.1) is 0 Å². The molecule has 7 nitrogen and oxygen atoms in total. The van der Waals surface area contributed by atoms with E-state index in [-0.39, 0.29) is 19.4 Å². The highest BCUT2D eigenvalue weighted by Crippen LogP contribution is 2.02. The number of rotatable bonds is 7. The van der Waals surface area contributed by atoms with Gasteiger partial charge in [0.2, 0.25) is 15.9 Å². The normalized spacial score (nSPS) is 12.2. The Kier molecular flexibility index (Phi) is 5.56. The van der Waals surface area contributed by atoms with Crippen molar-refractivity contribution < 1.29 is 23.1 Å². The van der Waals surface area contributed by atoms with Crippen LogP contribution >= 0.6 is 0 Å². The summed E-state index contributed by atoms with van der Waals surface area (Å²) >= 11 is 0. The van der Waals surface area contributed by atoms with Gasteiger partial charge in [-0.2, -0.15) is 0 Å². The number of carboxylic acids is 1. The fourth-order valence-corrected chi connectivity index (χ4v) is 2.24. The monoisotopic (exact) mass is 266 g/mol. The van der Waals surface area contributed by atoms with Gasteiger partial charge in [0.1, 0.15) is 0 Å². The van der Waals surface area contributed by atoms with Gasteiger partial charge in [-0.3, -0.25) is 9.59 Å². The van der Waals surface area contributed by atoms with Crippen LogP contribution in [0.15, 0.2) is 0 Å². The van der Waals surface area contributed by atoms with Crippen molar-refractivity contribution in [1.29, 1.82) is 0 Å². The third kappa shape index (κ3) is 9.76. The van der Waals surface area contributed by atoms with Crippen molar-refractivity contribution in [3.05, 3.63) is 0 Å². The molecule has 3 N–H and O–H groups in total. The minimum atomic E-state index is -3.35. The number of sulfonamides is 1. The standard InChI is InChI=1S/C9H18N2O5S/c1-9(2,11-17(3,15)16)6-10-7(12)4-5-8(13)14/h11H,4-6H2,1-3H3,(H,10,12)(H,13,14). The summed E-state index contributed by atoms with van der Waals surface area (Å²) in [5.74, 6) is -1.47. The molecule has 0 aliphatic carbocycles. The Morgan fingerprint density at radius 2 is 1.76 bits per heavy atom. The van der Waals surface area contributed by atoms with E-state index in [0.717, 1.165) is 6.26 Å². The molecule has 0 aromatic rings. The minimum absolute atomic E-state index is 0.0958. The van der Waals surface area contributed by atoms with Gasteiger partial charge in [-0.25, -0.2) is 13.1 Å². The molecule has 1 amide bonds. The van der Waals surface area contributed by atoms with Crippen molar-refractivity contribution in [2.24, 2.45) is 0 Å². The van der Waals surface area contributed by atoms with Crippen LogP contribution in [0.1, 0.15) is 26.7 Å². The van der Waals surface area contributed by atoms with Gasteiger partial charge >= 0.3 is 5.97 Å². The maximum Gasteiger partial charge on any atom is 0.303 e. The van der Waals surface area contributed by atoms with E-state index >= 15 is 0 Å². The summed E-state index contributed by atoms with van der Waals surface area (Å²) in [5.41, 5.74) is -0.813. The molecule has 0 aliphatic heterocycles. The first-order chi connectivity index (χ1) is 7.52. The Morgan fingerprint density at radius 3 is 2.18 bits per heavy atom. The molecule has 8 heteroatoms. The van der Waals surface area contributed by atoms with Crippen LogP contribution < -0.4 is 10.0 Å². The number of nitrogens with one attached hydrogen (secondary N) is 2. The van der Waals surface area contributed by atoms with Gasteiger partial charge in [-0.05, 0) is 13.8 Å². The third-order valence-corrected chi connectivity index (χ3v) is 2.68. The molecule has 0 fully saturated rings. The van der Waals surface area contributed by atoms with Crippen molar-refractivity contribution in [3.8, 4) is 0 Å². The van der Waals surface area contributed by atoms with Crippen molar-refractivity contribution in [1.82, 2.24) is 10.0 Å². The van der Waals surface area contributed by atoms with E-state index in [1.165, 1.54) is 0 Å². The molecule has 0 unspecified atom stereocenters. The highest BCUT2D eigenvalue weighted by atomic mass is 32.2. The van der Waals surface area contributed by atoms with Crippen LogP contribution in [-0.4, -0.2) is 43.7 Å². The summed E-state index contributed by atoms with van der Waals surface area (Å²) in [6, 6.07) is 0. The van der Waals surface area contributed by atoms with Gasteiger partial charge in [0, 0.05) is 18.5 Å². The number of carbonyl (C=O) groups excluding carboxylic acids is 1. The maximum atomic E-state index is 11.2. The molecule has 0 aliphatic rings. The van der Waals surface area contributed by atoms with Crippen LogP contribution in [-0.2, 0) is 19.6 Å². The lowest BCUT2D eigenvalue weighted by Crippen LogP contribution is -2.51. The Balaban J connectivity index is 4.09. The largest absolute Gasteiger partial charge is 0.481 e. The SMILES string of the molecule is CC(C)(CNC(=O)CCC(=O)O)NS(C)(=O)=O. The zero-order valence-electron chi connectivity index (χ0n) is 10.1. The average Bonchev–Trinajstić information content (AvgIpc) is 2.07. The number of aliphatic carboxylic acids is 1. The molecule has 17 heavy (non-hydrogen) atoms. The minimum Gasteiger partial charge on any atom is -0.481 e. The predicted octanol–water partition coefficient (Wildman–Crippen LogP) is -0.705. The fraction of sp³-hybridized carbons (Fsp3) is 0.778. The molecule has 0 spiro atoms. The molecule has 0 atom stereocenters. The summed E-state index contributed by atoms with van der Waals surface area (Å²) < 4.78 is 24.4. The van der Waals surface area contributed by atoms with Crippen LogP contribution in [0.3, 0.4) is 0 Å². The van der Waals surface area contributed by atoms with E-state index < -0.39 is 27.4 Å². The second-order valence-electron chi connectivity index (χ2n) is 4.43. The smallest absolute Gasteiger partial charge is 0.303 e. The molecule has 0 aromatic carbocycles. The molecule has 0 saturated carbocycles. The van der Waals surface area contributed by atoms with Gasteiger partial charge in [0.15, 0.2) is 0 Å². The van der Waals surface area contributed by atoms with E-state index in [1.54, 1.807) is 13.8 Å². The van der Waals surface area contributed by atoms with Crippen LogP contribution in [0.5, 0.6) is 0 Å². The number of hydrogen-bond donors (Lipinski definition) is 3. The lowest BCUT2D eigenvalue weighted by Gasteiger charge is -2.25. The Bertz CT molecular complexity index is 388. The third-order valence-electron chi connectivity index (χ3n) is 1.76. The average molecular weight is 266 g/mol. The summed E-state index contributed by atoms with van der Waals surface area (Å²) in [6.07, 6.45) is 0.664. The van der Waals surface area contributed by atoms with E-state index in [9.17, 15) is 18.0 Å². The Labute approximate surface area is 101 Å². The van der Waals surface area contributed by atoms with Crippen molar-refractivity contribution >= 4 is 21.9 Å². The molecule has 0 bridgehead atoms. The number of amides is 1. The molecular weight excluding hydrogens is 248 g/mol. The highest BCUT2D eigenvalue weighted by molar-refractivity contribution is 7.88. The molecule has 0 radical (unpaired) electrons. The summed E-state index contributed by atoms with van der Waals surface area (Å²) in [4.78, 5) is 21.4. The Hall–Kier alpha value is -1.15. The number of carbonyl (C=O) groups is 2. The molecule has 0 rings (SSSR count). The van der Waals surface area contributed by atoms with Crippen molar-refractivity contribution in [3.63, 3.8) is 0 Å². The summed E-state index contributed by atoms with van der Waals surface area (Å²) in [6.45, 7) is 3.33. The zero-order chi connectivity index (χ0) is 13.7. The lowest BCUT2D eigenvalue weighted by molar-refractivity contribution is -0.138. The highest BCUT2D eigenvalue weighted by Gasteiger charge is 2.22.